The first-order valence-corrected chi connectivity index (χ1v) is 9.88. The van der Waals surface area contributed by atoms with Crippen molar-refractivity contribution < 1.29 is 13.2 Å². The van der Waals surface area contributed by atoms with Crippen molar-refractivity contribution in [2.24, 2.45) is 5.92 Å². The molecule has 1 fully saturated rings. The zero-order valence-corrected chi connectivity index (χ0v) is 15.2. The molecule has 2 aliphatic heterocycles. The molecule has 1 atom stereocenters. The van der Waals surface area contributed by atoms with Crippen molar-refractivity contribution >= 4 is 16.5 Å². The molecule has 0 radical (unpaired) electrons. The number of anilines is 1. The van der Waals surface area contributed by atoms with Crippen LogP contribution in [0, 0.1) is 5.92 Å². The van der Waals surface area contributed by atoms with Gasteiger partial charge in [-0.3, -0.25) is 0 Å². The topological polar surface area (TPSA) is 46.0 Å². The first-order valence-electron chi connectivity index (χ1n) is 9.00. The van der Waals surface area contributed by atoms with Crippen LogP contribution >= 0.6 is 11.3 Å². The van der Waals surface area contributed by atoms with Gasteiger partial charge in [0.15, 0.2) is 10.8 Å². The van der Waals surface area contributed by atoms with Gasteiger partial charge in [-0.15, -0.1) is 11.3 Å². The number of hydrogen-bond acceptors (Lipinski definition) is 5. The van der Waals surface area contributed by atoms with Gasteiger partial charge in [-0.25, -0.2) is 9.97 Å². The number of hydrogen-bond donors (Lipinski definition) is 1. The maximum Gasteiger partial charge on any atom is 0.434 e. The number of nitrogens with zero attached hydrogens (tertiary/aromatic N) is 4. The molecule has 0 bridgehead atoms. The summed E-state index contributed by atoms with van der Waals surface area (Å²) >= 11 is 1.67. The summed E-state index contributed by atoms with van der Waals surface area (Å²) in [4.78, 5) is 10.4. The molecular weight excluding hydrogens is 363 g/mol. The van der Waals surface area contributed by atoms with Gasteiger partial charge < -0.3 is 14.8 Å². The minimum atomic E-state index is -4.36. The number of thiazole rings is 1. The Bertz CT molecular complexity index is 719. The first-order chi connectivity index (χ1) is 12.5. The Labute approximate surface area is 154 Å². The number of rotatable bonds is 4. The van der Waals surface area contributed by atoms with E-state index in [1.54, 1.807) is 15.9 Å². The fraction of sp³-hybridized carbons (Fsp3) is 0.647. The summed E-state index contributed by atoms with van der Waals surface area (Å²) in [5.74, 6) is 0.917. The van der Waals surface area contributed by atoms with Crippen molar-refractivity contribution in [2.75, 3.05) is 24.5 Å². The van der Waals surface area contributed by atoms with Gasteiger partial charge in [0, 0.05) is 49.9 Å². The first kappa shape index (κ1) is 17.8. The highest BCUT2D eigenvalue weighted by Gasteiger charge is 2.35. The minimum absolute atomic E-state index is 0.356. The zero-order chi connectivity index (χ0) is 18.1. The molecule has 2 aromatic heterocycles. The van der Waals surface area contributed by atoms with Crippen LogP contribution in [0.1, 0.15) is 30.8 Å². The maximum atomic E-state index is 12.8. The number of aromatic nitrogens is 3. The van der Waals surface area contributed by atoms with E-state index < -0.39 is 11.9 Å². The van der Waals surface area contributed by atoms with Gasteiger partial charge in [0.2, 0.25) is 0 Å². The number of alkyl halides is 3. The lowest BCUT2D eigenvalue weighted by Crippen LogP contribution is -2.44. The zero-order valence-electron chi connectivity index (χ0n) is 14.4. The Kier molecular flexibility index (Phi) is 4.92. The largest absolute Gasteiger partial charge is 0.434 e. The summed E-state index contributed by atoms with van der Waals surface area (Å²) in [7, 11) is 0. The van der Waals surface area contributed by atoms with E-state index in [-0.39, 0.29) is 0 Å². The van der Waals surface area contributed by atoms with E-state index in [0.717, 1.165) is 50.2 Å². The Morgan fingerprint density at radius 2 is 2.04 bits per heavy atom. The second-order valence-corrected chi connectivity index (χ2v) is 7.95. The van der Waals surface area contributed by atoms with Crippen LogP contribution in [0.3, 0.4) is 0 Å². The average Bonchev–Trinajstić information content (AvgIpc) is 3.29. The van der Waals surface area contributed by atoms with Crippen molar-refractivity contribution in [2.45, 2.75) is 44.4 Å². The lowest BCUT2D eigenvalue weighted by molar-refractivity contribution is -0.141. The molecule has 0 aromatic carbocycles. The molecule has 4 rings (SSSR count). The number of aryl methyl sites for hydroxylation is 1. The summed E-state index contributed by atoms with van der Waals surface area (Å²) < 4.78 is 40.1. The van der Waals surface area contributed by atoms with Gasteiger partial charge in [-0.1, -0.05) is 0 Å². The molecule has 0 saturated carbocycles. The Balaban J connectivity index is 1.25. The molecule has 142 valence electrons. The van der Waals surface area contributed by atoms with E-state index >= 15 is 0 Å². The van der Waals surface area contributed by atoms with E-state index in [0.29, 0.717) is 30.7 Å². The number of halogens is 3. The van der Waals surface area contributed by atoms with E-state index in [9.17, 15) is 13.2 Å². The Hall–Kier alpha value is -1.61. The SMILES string of the molecule is FC(F)(F)c1cn2c(n1)CC[C@@H](CNC1CCN(c3nccs3)CC1)C2. The van der Waals surface area contributed by atoms with Crippen LogP contribution in [0.25, 0.3) is 0 Å². The number of nitrogens with one attached hydrogen (secondary N) is 1. The Morgan fingerprint density at radius 3 is 2.73 bits per heavy atom. The standard InChI is InChI=1S/C17H22F3N5S/c18-17(19,20)14-11-25-10-12(1-2-15(25)23-14)9-22-13-3-6-24(7-4-13)16-21-5-8-26-16/h5,8,11-13,22H,1-4,6-7,9-10H2/t12-/m0/s1. The van der Waals surface area contributed by atoms with E-state index in [1.165, 1.54) is 0 Å². The highest BCUT2D eigenvalue weighted by molar-refractivity contribution is 7.13. The third-order valence-corrected chi connectivity index (χ3v) is 6.09. The normalized spacial score (nSPS) is 21.8. The van der Waals surface area contributed by atoms with Crippen molar-refractivity contribution in [3.05, 3.63) is 29.3 Å². The third kappa shape index (κ3) is 3.88. The van der Waals surface area contributed by atoms with Gasteiger partial charge in [-0.2, -0.15) is 13.2 Å². The summed E-state index contributed by atoms with van der Waals surface area (Å²) in [6, 6.07) is 0.473. The van der Waals surface area contributed by atoms with Gasteiger partial charge in [0.1, 0.15) is 5.82 Å². The van der Waals surface area contributed by atoms with Crippen LogP contribution in [0.15, 0.2) is 17.8 Å². The second kappa shape index (κ2) is 7.19. The van der Waals surface area contributed by atoms with E-state index in [2.05, 4.69) is 20.2 Å². The molecule has 1 saturated heterocycles. The van der Waals surface area contributed by atoms with Crippen LogP contribution in [0.4, 0.5) is 18.3 Å². The lowest BCUT2D eigenvalue weighted by Gasteiger charge is -2.33. The number of imidazole rings is 1. The molecular formula is C17H22F3N5S. The molecule has 4 heterocycles. The van der Waals surface area contributed by atoms with Crippen molar-refractivity contribution in [1.29, 1.82) is 0 Å². The van der Waals surface area contributed by atoms with Crippen LogP contribution in [-0.2, 0) is 19.1 Å². The van der Waals surface area contributed by atoms with Crippen molar-refractivity contribution in [3.8, 4) is 0 Å². The predicted octanol–water partition coefficient (Wildman–Crippen LogP) is 3.18. The summed E-state index contributed by atoms with van der Waals surface area (Å²) in [5, 5.41) is 6.71. The molecule has 0 amide bonds. The highest BCUT2D eigenvalue weighted by Crippen LogP contribution is 2.30. The second-order valence-electron chi connectivity index (χ2n) is 7.08. The van der Waals surface area contributed by atoms with Crippen LogP contribution in [-0.4, -0.2) is 40.2 Å². The summed E-state index contributed by atoms with van der Waals surface area (Å²) in [5.41, 5.74) is -0.768. The average molecular weight is 385 g/mol. The third-order valence-electron chi connectivity index (χ3n) is 5.26. The molecule has 9 heteroatoms. The highest BCUT2D eigenvalue weighted by atomic mass is 32.1. The Morgan fingerprint density at radius 1 is 1.23 bits per heavy atom. The quantitative estimate of drug-likeness (QED) is 0.878. The van der Waals surface area contributed by atoms with E-state index in [1.807, 2.05) is 11.6 Å². The molecule has 5 nitrogen and oxygen atoms in total. The molecule has 26 heavy (non-hydrogen) atoms. The monoisotopic (exact) mass is 385 g/mol. The minimum Gasteiger partial charge on any atom is -0.348 e. The fourth-order valence-corrected chi connectivity index (χ4v) is 4.49. The van der Waals surface area contributed by atoms with Crippen molar-refractivity contribution in [3.63, 3.8) is 0 Å². The van der Waals surface area contributed by atoms with Crippen LogP contribution < -0.4 is 10.2 Å². The van der Waals surface area contributed by atoms with Crippen LogP contribution in [0.2, 0.25) is 0 Å². The molecule has 0 aliphatic carbocycles. The number of fused-ring (bicyclic) bond motifs is 1. The van der Waals surface area contributed by atoms with Gasteiger partial charge in [-0.05, 0) is 31.7 Å². The van der Waals surface area contributed by atoms with Crippen LogP contribution in [0.5, 0.6) is 0 Å². The maximum absolute atomic E-state index is 12.8. The van der Waals surface area contributed by atoms with E-state index in [4.69, 9.17) is 0 Å². The predicted molar refractivity (Wildman–Crippen MR) is 94.4 cm³/mol. The molecule has 0 unspecified atom stereocenters. The van der Waals surface area contributed by atoms with Crippen molar-refractivity contribution in [1.82, 2.24) is 19.9 Å². The summed E-state index contributed by atoms with van der Waals surface area (Å²) in [6.45, 7) is 3.46. The van der Waals surface area contributed by atoms with Gasteiger partial charge in [0.25, 0.3) is 0 Å². The fourth-order valence-electron chi connectivity index (χ4n) is 3.80. The van der Waals surface area contributed by atoms with Gasteiger partial charge in [0.05, 0.1) is 0 Å². The lowest BCUT2D eigenvalue weighted by atomic mass is 9.98. The molecule has 1 N–H and O–H groups in total. The van der Waals surface area contributed by atoms with Gasteiger partial charge >= 0.3 is 6.18 Å². The summed E-state index contributed by atoms with van der Waals surface area (Å²) in [6.07, 6.45) is 2.28. The molecule has 2 aliphatic rings. The molecule has 2 aromatic rings. The molecule has 0 spiro atoms. The smallest absolute Gasteiger partial charge is 0.348 e. The number of piperidine rings is 1.